The number of carbonyl (C=O) groups excluding carboxylic acids is 1. The summed E-state index contributed by atoms with van der Waals surface area (Å²) in [5, 5.41) is 12.6. The van der Waals surface area contributed by atoms with Crippen LogP contribution >= 0.6 is 0 Å². The summed E-state index contributed by atoms with van der Waals surface area (Å²) in [7, 11) is 1.89. The molecule has 1 aliphatic heterocycles. The number of aliphatic hydroxyl groups is 1. The van der Waals surface area contributed by atoms with Gasteiger partial charge in [0, 0.05) is 19.1 Å². The Kier molecular flexibility index (Phi) is 1.63. The average molecular weight is 170 g/mol. The molecule has 2 aliphatic rings. The van der Waals surface area contributed by atoms with Crippen LogP contribution in [-0.4, -0.2) is 47.7 Å². The van der Waals surface area contributed by atoms with Gasteiger partial charge in [-0.3, -0.25) is 4.79 Å². The molecule has 1 saturated carbocycles. The van der Waals surface area contributed by atoms with E-state index >= 15 is 0 Å². The smallest absolute Gasteiger partial charge is 0.254 e. The second kappa shape index (κ2) is 2.44. The van der Waals surface area contributed by atoms with Gasteiger partial charge in [-0.15, -0.1) is 0 Å². The van der Waals surface area contributed by atoms with Crippen molar-refractivity contribution < 1.29 is 9.90 Å². The molecule has 0 unspecified atom stereocenters. The second-order valence-corrected chi connectivity index (χ2v) is 3.73. The minimum Gasteiger partial charge on any atom is -0.380 e. The Hall–Kier alpha value is -0.610. The van der Waals surface area contributed by atoms with E-state index in [0.29, 0.717) is 18.9 Å². The monoisotopic (exact) mass is 170 g/mol. The van der Waals surface area contributed by atoms with Crippen molar-refractivity contribution >= 4 is 5.91 Å². The van der Waals surface area contributed by atoms with Crippen LogP contribution in [0.15, 0.2) is 0 Å². The Morgan fingerprint density at radius 1 is 1.58 bits per heavy atom. The first-order valence-corrected chi connectivity index (χ1v) is 4.35. The lowest BCUT2D eigenvalue weighted by Gasteiger charge is -2.40. The molecule has 4 nitrogen and oxygen atoms in total. The predicted octanol–water partition coefficient (Wildman–Crippen LogP) is -1.06. The molecule has 68 valence electrons. The number of nitrogens with one attached hydrogen (secondary N) is 1. The molecule has 0 spiro atoms. The standard InChI is InChI=1S/C8H14N2O2/c1-9-6-4-10(5-6)7(11)8(12)2-3-8/h6,9,12H,2-5H2,1H3. The Morgan fingerprint density at radius 2 is 2.17 bits per heavy atom. The van der Waals surface area contributed by atoms with E-state index in [1.807, 2.05) is 7.05 Å². The van der Waals surface area contributed by atoms with E-state index in [1.165, 1.54) is 0 Å². The summed E-state index contributed by atoms with van der Waals surface area (Å²) in [5.41, 5.74) is -0.974. The highest BCUT2D eigenvalue weighted by Crippen LogP contribution is 2.37. The minimum absolute atomic E-state index is 0.0750. The van der Waals surface area contributed by atoms with E-state index in [-0.39, 0.29) is 5.91 Å². The number of rotatable bonds is 2. The summed E-state index contributed by atoms with van der Waals surface area (Å²) < 4.78 is 0. The first kappa shape index (κ1) is 8.01. The Morgan fingerprint density at radius 3 is 2.58 bits per heavy atom. The van der Waals surface area contributed by atoms with Gasteiger partial charge in [-0.05, 0) is 19.9 Å². The van der Waals surface area contributed by atoms with Gasteiger partial charge >= 0.3 is 0 Å². The third-order valence-electron chi connectivity index (χ3n) is 2.70. The van der Waals surface area contributed by atoms with Crippen LogP contribution in [0.5, 0.6) is 0 Å². The van der Waals surface area contributed by atoms with Gasteiger partial charge in [0.05, 0.1) is 0 Å². The number of amides is 1. The number of hydrogen-bond acceptors (Lipinski definition) is 3. The lowest BCUT2D eigenvalue weighted by atomic mass is 10.1. The largest absolute Gasteiger partial charge is 0.380 e. The van der Waals surface area contributed by atoms with Crippen LogP contribution in [0.4, 0.5) is 0 Å². The van der Waals surface area contributed by atoms with E-state index in [9.17, 15) is 9.90 Å². The van der Waals surface area contributed by atoms with Gasteiger partial charge in [-0.1, -0.05) is 0 Å². The summed E-state index contributed by atoms with van der Waals surface area (Å²) in [6.07, 6.45) is 1.29. The van der Waals surface area contributed by atoms with E-state index in [1.54, 1.807) is 4.90 Å². The molecule has 1 amide bonds. The normalized spacial score (nSPS) is 26.7. The maximum absolute atomic E-state index is 11.4. The molecule has 1 heterocycles. The Bertz CT molecular complexity index is 207. The molecule has 2 N–H and O–H groups in total. The lowest BCUT2D eigenvalue weighted by molar-refractivity contribution is -0.147. The minimum atomic E-state index is -0.974. The van der Waals surface area contributed by atoms with E-state index in [4.69, 9.17) is 0 Å². The topological polar surface area (TPSA) is 52.6 Å². The van der Waals surface area contributed by atoms with Crippen molar-refractivity contribution in [2.45, 2.75) is 24.5 Å². The fourth-order valence-corrected chi connectivity index (χ4v) is 1.45. The van der Waals surface area contributed by atoms with Gasteiger partial charge < -0.3 is 15.3 Å². The zero-order chi connectivity index (χ0) is 8.77. The number of carbonyl (C=O) groups is 1. The molecule has 0 aromatic carbocycles. The second-order valence-electron chi connectivity index (χ2n) is 3.73. The first-order valence-electron chi connectivity index (χ1n) is 4.35. The summed E-state index contributed by atoms with van der Waals surface area (Å²) in [6.45, 7) is 1.50. The molecule has 0 atom stereocenters. The van der Waals surface area contributed by atoms with E-state index in [0.717, 1.165) is 13.1 Å². The molecule has 4 heteroatoms. The van der Waals surface area contributed by atoms with E-state index in [2.05, 4.69) is 5.32 Å². The zero-order valence-electron chi connectivity index (χ0n) is 7.21. The van der Waals surface area contributed by atoms with Crippen molar-refractivity contribution in [3.05, 3.63) is 0 Å². The molecule has 1 saturated heterocycles. The summed E-state index contributed by atoms with van der Waals surface area (Å²) >= 11 is 0. The Balaban J connectivity index is 1.84. The number of likely N-dealkylation sites (tertiary alicyclic amines) is 1. The number of likely N-dealkylation sites (N-methyl/N-ethyl adjacent to an activating group) is 1. The molecule has 0 aromatic rings. The fraction of sp³-hybridized carbons (Fsp3) is 0.875. The van der Waals surface area contributed by atoms with Crippen LogP contribution in [0.3, 0.4) is 0 Å². The van der Waals surface area contributed by atoms with E-state index < -0.39 is 5.60 Å². The molecule has 0 radical (unpaired) electrons. The van der Waals surface area contributed by atoms with Gasteiger partial charge in [0.2, 0.25) is 0 Å². The molecular formula is C8H14N2O2. The zero-order valence-corrected chi connectivity index (χ0v) is 7.21. The first-order chi connectivity index (χ1) is 5.65. The summed E-state index contributed by atoms with van der Waals surface area (Å²) in [5.74, 6) is -0.0750. The van der Waals surface area contributed by atoms with Crippen molar-refractivity contribution in [1.82, 2.24) is 10.2 Å². The molecule has 0 bridgehead atoms. The van der Waals surface area contributed by atoms with Gasteiger partial charge in [0.25, 0.3) is 5.91 Å². The molecule has 12 heavy (non-hydrogen) atoms. The van der Waals surface area contributed by atoms with Crippen LogP contribution in [-0.2, 0) is 4.79 Å². The number of nitrogens with zero attached hydrogens (tertiary/aromatic N) is 1. The SMILES string of the molecule is CNC1CN(C(=O)C2(O)CC2)C1. The molecule has 2 rings (SSSR count). The van der Waals surface area contributed by atoms with Crippen molar-refractivity contribution in [3.63, 3.8) is 0 Å². The van der Waals surface area contributed by atoms with Crippen LogP contribution in [0, 0.1) is 0 Å². The van der Waals surface area contributed by atoms with Gasteiger partial charge in [-0.25, -0.2) is 0 Å². The highest BCUT2D eigenvalue weighted by atomic mass is 16.3. The molecular weight excluding hydrogens is 156 g/mol. The quantitative estimate of drug-likeness (QED) is 0.555. The average Bonchev–Trinajstić information content (AvgIpc) is 2.67. The van der Waals surface area contributed by atoms with Crippen molar-refractivity contribution in [1.29, 1.82) is 0 Å². The van der Waals surface area contributed by atoms with Crippen molar-refractivity contribution in [3.8, 4) is 0 Å². The molecule has 2 fully saturated rings. The van der Waals surface area contributed by atoms with Crippen LogP contribution < -0.4 is 5.32 Å². The van der Waals surface area contributed by atoms with Gasteiger partial charge in [0.1, 0.15) is 5.60 Å². The molecule has 1 aliphatic carbocycles. The summed E-state index contributed by atoms with van der Waals surface area (Å²) in [4.78, 5) is 13.1. The van der Waals surface area contributed by atoms with Gasteiger partial charge in [-0.2, -0.15) is 0 Å². The lowest BCUT2D eigenvalue weighted by Crippen LogP contribution is -2.61. The van der Waals surface area contributed by atoms with Crippen LogP contribution in [0.2, 0.25) is 0 Å². The third-order valence-corrected chi connectivity index (χ3v) is 2.70. The highest BCUT2D eigenvalue weighted by molar-refractivity contribution is 5.88. The third kappa shape index (κ3) is 1.11. The van der Waals surface area contributed by atoms with Crippen molar-refractivity contribution in [2.75, 3.05) is 20.1 Å². The maximum Gasteiger partial charge on any atom is 0.254 e. The number of hydrogen-bond donors (Lipinski definition) is 2. The molecule has 0 aromatic heterocycles. The van der Waals surface area contributed by atoms with Gasteiger partial charge in [0.15, 0.2) is 0 Å². The maximum atomic E-state index is 11.4. The van der Waals surface area contributed by atoms with Crippen molar-refractivity contribution in [2.24, 2.45) is 0 Å². The van der Waals surface area contributed by atoms with Crippen LogP contribution in [0.1, 0.15) is 12.8 Å². The van der Waals surface area contributed by atoms with Crippen LogP contribution in [0.25, 0.3) is 0 Å². The summed E-state index contributed by atoms with van der Waals surface area (Å²) in [6, 6.07) is 0.427. The fourth-order valence-electron chi connectivity index (χ4n) is 1.45. The Labute approximate surface area is 71.5 Å². The highest BCUT2D eigenvalue weighted by Gasteiger charge is 2.52. The predicted molar refractivity (Wildman–Crippen MR) is 43.6 cm³/mol.